The van der Waals surface area contributed by atoms with Crippen LogP contribution >= 0.6 is 0 Å². The minimum atomic E-state index is 0.130. The Morgan fingerprint density at radius 2 is 1.02 bits per heavy atom. The van der Waals surface area contributed by atoms with Crippen LogP contribution in [-0.2, 0) is 12.8 Å². The molecule has 2 aliphatic heterocycles. The smallest absolute Gasteiger partial charge is 0.252 e. The van der Waals surface area contributed by atoms with E-state index in [1.165, 1.54) is 121 Å². The van der Waals surface area contributed by atoms with Crippen LogP contribution in [0.2, 0.25) is 0 Å². The summed E-state index contributed by atoms with van der Waals surface area (Å²) in [6.45, 7) is 13.6. The third-order valence-corrected chi connectivity index (χ3v) is 11.0. The lowest BCUT2D eigenvalue weighted by atomic mass is 9.33. The zero-order valence-corrected chi connectivity index (χ0v) is 31.2. The van der Waals surface area contributed by atoms with E-state index >= 15 is 0 Å². The second-order valence-corrected chi connectivity index (χ2v) is 15.0. The predicted octanol–water partition coefficient (Wildman–Crippen LogP) is 11.4. The number of anilines is 6. The first-order valence-electron chi connectivity index (χ1n) is 19.1. The van der Waals surface area contributed by atoms with E-state index in [-0.39, 0.29) is 6.71 Å². The average molecular weight is 665 g/mol. The first-order chi connectivity index (χ1) is 24.8. The molecule has 0 saturated heterocycles. The second-order valence-electron chi connectivity index (χ2n) is 15.0. The van der Waals surface area contributed by atoms with Crippen molar-refractivity contribution < 1.29 is 0 Å². The van der Waals surface area contributed by atoms with Crippen LogP contribution in [0.4, 0.5) is 34.1 Å². The minimum Gasteiger partial charge on any atom is -0.311 e. The molecule has 0 unspecified atom stereocenters. The highest BCUT2D eigenvalue weighted by Gasteiger charge is 2.43. The van der Waals surface area contributed by atoms with Gasteiger partial charge in [0.15, 0.2) is 0 Å². The molecule has 2 aliphatic rings. The van der Waals surface area contributed by atoms with Gasteiger partial charge in [0, 0.05) is 34.0 Å². The Hall–Kier alpha value is -5.02. The van der Waals surface area contributed by atoms with Gasteiger partial charge < -0.3 is 9.80 Å². The monoisotopic (exact) mass is 664 g/mol. The number of aryl methyl sites for hydroxylation is 6. The summed E-state index contributed by atoms with van der Waals surface area (Å²) >= 11 is 0. The molecule has 0 fully saturated rings. The van der Waals surface area contributed by atoms with Crippen molar-refractivity contribution in [1.82, 2.24) is 0 Å². The zero-order valence-electron chi connectivity index (χ0n) is 31.2. The van der Waals surface area contributed by atoms with E-state index in [1.54, 1.807) is 0 Å². The van der Waals surface area contributed by atoms with Crippen LogP contribution in [-0.4, -0.2) is 6.71 Å². The van der Waals surface area contributed by atoms with Crippen molar-refractivity contribution in [2.45, 2.75) is 80.1 Å². The van der Waals surface area contributed by atoms with Crippen LogP contribution < -0.4 is 26.2 Å². The summed E-state index contributed by atoms with van der Waals surface area (Å²) in [6, 6.07) is 44.7. The molecule has 0 aromatic heterocycles. The Morgan fingerprint density at radius 3 is 1.65 bits per heavy atom. The van der Waals surface area contributed by atoms with Gasteiger partial charge in [0.1, 0.15) is 0 Å². The van der Waals surface area contributed by atoms with Gasteiger partial charge in [-0.3, -0.25) is 0 Å². The Balaban J connectivity index is 1.39. The van der Waals surface area contributed by atoms with Crippen molar-refractivity contribution in [2.24, 2.45) is 0 Å². The summed E-state index contributed by atoms with van der Waals surface area (Å²) in [5.74, 6) is 0. The van der Waals surface area contributed by atoms with Crippen molar-refractivity contribution in [1.29, 1.82) is 0 Å². The highest BCUT2D eigenvalue weighted by Crippen LogP contribution is 2.46. The predicted molar refractivity (Wildman–Crippen MR) is 222 cm³/mol. The van der Waals surface area contributed by atoms with Gasteiger partial charge in [0.2, 0.25) is 0 Å². The summed E-state index contributed by atoms with van der Waals surface area (Å²) in [4.78, 5) is 5.10. The van der Waals surface area contributed by atoms with E-state index in [1.807, 2.05) is 0 Å². The number of rotatable bonds is 9. The fraction of sp³-hybridized carbons (Fsp3) is 0.250. The molecule has 2 nitrogen and oxygen atoms in total. The summed E-state index contributed by atoms with van der Waals surface area (Å²) in [5, 5.41) is 0. The standard InChI is InChI=1S/C48H49BN2/c1-7-9-12-36-18-21-39(22-19-36)50-44-23-16-32(3)29-41(44)49-42-30-33(4)17-24-45(42)51(47-15-11-14-46(50)48(47)49)43-25-20-37(13-10-8-2)31-40(43)38-27-34(5)26-35(6)28-38/h11,14-31H,7-10,12-13H2,1-6H3. The lowest BCUT2D eigenvalue weighted by Gasteiger charge is -2.44. The fourth-order valence-corrected chi connectivity index (χ4v) is 8.59. The van der Waals surface area contributed by atoms with Crippen molar-refractivity contribution in [2.75, 3.05) is 9.80 Å². The summed E-state index contributed by atoms with van der Waals surface area (Å²) < 4.78 is 0. The topological polar surface area (TPSA) is 6.48 Å². The van der Waals surface area contributed by atoms with Crippen LogP contribution in [0.1, 0.15) is 72.9 Å². The largest absolute Gasteiger partial charge is 0.311 e. The van der Waals surface area contributed by atoms with Gasteiger partial charge in [0.25, 0.3) is 6.71 Å². The minimum absolute atomic E-state index is 0.130. The summed E-state index contributed by atoms with van der Waals surface area (Å²) in [7, 11) is 0. The maximum atomic E-state index is 2.58. The van der Waals surface area contributed by atoms with Gasteiger partial charge in [-0.25, -0.2) is 0 Å². The molecule has 0 saturated carbocycles. The maximum absolute atomic E-state index is 2.58. The maximum Gasteiger partial charge on any atom is 0.252 e. The Kier molecular flexibility index (Phi) is 8.84. The highest BCUT2D eigenvalue weighted by atomic mass is 15.2. The van der Waals surface area contributed by atoms with E-state index in [0.717, 1.165) is 12.8 Å². The third kappa shape index (κ3) is 5.97. The molecule has 2 heterocycles. The van der Waals surface area contributed by atoms with Gasteiger partial charge in [-0.2, -0.15) is 0 Å². The first-order valence-corrected chi connectivity index (χ1v) is 19.1. The van der Waals surface area contributed by atoms with Crippen LogP contribution in [0.25, 0.3) is 11.1 Å². The van der Waals surface area contributed by atoms with Crippen LogP contribution in [0.5, 0.6) is 0 Å². The van der Waals surface area contributed by atoms with Crippen LogP contribution in [0, 0.1) is 27.7 Å². The second kappa shape index (κ2) is 13.6. The van der Waals surface area contributed by atoms with Gasteiger partial charge in [-0.1, -0.05) is 116 Å². The zero-order chi connectivity index (χ0) is 35.2. The molecule has 0 atom stereocenters. The highest BCUT2D eigenvalue weighted by molar-refractivity contribution is 7.00. The van der Waals surface area contributed by atoms with Crippen LogP contribution in [0.3, 0.4) is 0 Å². The molecule has 0 bridgehead atoms. The number of benzene rings is 6. The molecule has 0 radical (unpaired) electrons. The number of hydrogen-bond donors (Lipinski definition) is 0. The molecular formula is C48H49BN2. The number of fused-ring (bicyclic) bond motifs is 4. The summed E-state index contributed by atoms with van der Waals surface area (Å²) in [5.41, 5.74) is 22.2. The molecule has 6 aromatic carbocycles. The Bertz CT molecular complexity index is 2230. The number of nitrogens with zero attached hydrogens (tertiary/aromatic N) is 2. The average Bonchev–Trinajstić information content (AvgIpc) is 3.13. The molecule has 0 spiro atoms. The van der Waals surface area contributed by atoms with Crippen molar-refractivity contribution >= 4 is 57.2 Å². The molecule has 3 heteroatoms. The Morgan fingerprint density at radius 1 is 0.471 bits per heavy atom. The van der Waals surface area contributed by atoms with Crippen molar-refractivity contribution in [3.8, 4) is 11.1 Å². The van der Waals surface area contributed by atoms with E-state index in [9.17, 15) is 0 Å². The lowest BCUT2D eigenvalue weighted by Crippen LogP contribution is -2.61. The van der Waals surface area contributed by atoms with Crippen molar-refractivity contribution in [3.63, 3.8) is 0 Å². The molecule has 254 valence electrons. The van der Waals surface area contributed by atoms with E-state index in [2.05, 4.69) is 167 Å². The van der Waals surface area contributed by atoms with Crippen LogP contribution in [0.15, 0.2) is 115 Å². The van der Waals surface area contributed by atoms with Gasteiger partial charge >= 0.3 is 0 Å². The van der Waals surface area contributed by atoms with Crippen molar-refractivity contribution in [3.05, 3.63) is 149 Å². The molecule has 8 rings (SSSR count). The normalized spacial score (nSPS) is 12.9. The molecule has 6 aromatic rings. The van der Waals surface area contributed by atoms with Gasteiger partial charge in [-0.05, 0) is 135 Å². The SMILES string of the molecule is CCCCc1ccc(N2c3ccc(C)cc3B3c4cc(C)ccc4N(c4ccc(CCCC)cc4-c4cc(C)cc(C)c4)c4cccc2c43)cc1. The molecule has 51 heavy (non-hydrogen) atoms. The van der Waals surface area contributed by atoms with E-state index in [0.29, 0.717) is 0 Å². The molecular weight excluding hydrogens is 615 g/mol. The first kappa shape index (κ1) is 33.1. The lowest BCUT2D eigenvalue weighted by molar-refractivity contribution is 0.795. The number of unbranched alkanes of at least 4 members (excludes halogenated alkanes) is 2. The fourth-order valence-electron chi connectivity index (χ4n) is 8.59. The molecule has 0 aliphatic carbocycles. The summed E-state index contributed by atoms with van der Waals surface area (Å²) in [6.07, 6.45) is 7.03. The Labute approximate surface area is 305 Å². The molecule has 0 N–H and O–H groups in total. The molecule has 0 amide bonds. The third-order valence-electron chi connectivity index (χ3n) is 11.0. The quantitative estimate of drug-likeness (QED) is 0.142. The van der Waals surface area contributed by atoms with E-state index in [4.69, 9.17) is 0 Å². The van der Waals surface area contributed by atoms with Gasteiger partial charge in [-0.15, -0.1) is 0 Å². The number of hydrogen-bond acceptors (Lipinski definition) is 2. The van der Waals surface area contributed by atoms with E-state index < -0.39 is 0 Å². The van der Waals surface area contributed by atoms with Gasteiger partial charge in [0.05, 0.1) is 5.69 Å².